The number of aliphatic hydroxyl groups is 1. The number of hydrogen-bond acceptors (Lipinski definition) is 2. The Hall–Kier alpha value is -0.0800. The molecule has 0 radical (unpaired) electrons. The van der Waals surface area contributed by atoms with Gasteiger partial charge in [-0.2, -0.15) is 0 Å². The molecule has 3 fully saturated rings. The highest BCUT2D eigenvalue weighted by Gasteiger charge is 2.36. The second-order valence-corrected chi connectivity index (χ2v) is 6.71. The van der Waals surface area contributed by atoms with Crippen LogP contribution in [0.1, 0.15) is 51.4 Å². The number of fused-ring (bicyclic) bond motifs is 1. The molecule has 2 nitrogen and oxygen atoms in total. The van der Waals surface area contributed by atoms with Gasteiger partial charge in [-0.15, -0.1) is 0 Å². The molecule has 3 atom stereocenters. The Morgan fingerprint density at radius 1 is 0.941 bits per heavy atom. The summed E-state index contributed by atoms with van der Waals surface area (Å²) in [5.41, 5.74) is 0. The van der Waals surface area contributed by atoms with Gasteiger partial charge in [-0.25, -0.2) is 0 Å². The average molecular weight is 237 g/mol. The molecule has 1 heterocycles. The van der Waals surface area contributed by atoms with Gasteiger partial charge in [0.2, 0.25) is 0 Å². The zero-order chi connectivity index (χ0) is 11.7. The number of rotatable bonds is 4. The summed E-state index contributed by atoms with van der Waals surface area (Å²) in [5, 5.41) is 10.2. The molecule has 2 heteroatoms. The fourth-order valence-corrected chi connectivity index (χ4v) is 4.48. The zero-order valence-corrected chi connectivity index (χ0v) is 11.0. The summed E-state index contributed by atoms with van der Waals surface area (Å²) < 4.78 is 0. The summed E-state index contributed by atoms with van der Waals surface area (Å²) in [7, 11) is 0. The van der Waals surface area contributed by atoms with Crippen LogP contribution in [0.4, 0.5) is 0 Å². The van der Waals surface area contributed by atoms with Gasteiger partial charge in [-0.3, -0.25) is 0 Å². The molecule has 3 aliphatic rings. The van der Waals surface area contributed by atoms with E-state index < -0.39 is 0 Å². The van der Waals surface area contributed by atoms with E-state index in [2.05, 4.69) is 4.90 Å². The highest BCUT2D eigenvalue weighted by molar-refractivity contribution is 4.89. The quantitative estimate of drug-likeness (QED) is 0.812. The third-order valence-corrected chi connectivity index (χ3v) is 5.35. The van der Waals surface area contributed by atoms with Crippen LogP contribution >= 0.6 is 0 Å². The van der Waals surface area contributed by atoms with E-state index in [1.165, 1.54) is 58.0 Å². The van der Waals surface area contributed by atoms with Crippen molar-refractivity contribution in [3.05, 3.63) is 0 Å². The summed E-state index contributed by atoms with van der Waals surface area (Å²) in [5.74, 6) is 2.76. The number of likely N-dealkylation sites (tertiary alicyclic amines) is 1. The minimum atomic E-state index is -0.0584. The molecule has 0 bridgehead atoms. The third kappa shape index (κ3) is 2.85. The second kappa shape index (κ2) is 5.27. The molecule has 17 heavy (non-hydrogen) atoms. The smallest absolute Gasteiger partial charge is 0.0669 e. The van der Waals surface area contributed by atoms with Gasteiger partial charge in [0.1, 0.15) is 0 Å². The molecule has 0 spiro atoms. The molecule has 3 unspecified atom stereocenters. The van der Waals surface area contributed by atoms with Crippen LogP contribution in [0.15, 0.2) is 0 Å². The predicted octanol–water partition coefficient (Wildman–Crippen LogP) is 2.66. The van der Waals surface area contributed by atoms with Gasteiger partial charge < -0.3 is 10.0 Å². The highest BCUT2D eigenvalue weighted by Crippen LogP contribution is 2.38. The van der Waals surface area contributed by atoms with E-state index in [0.29, 0.717) is 0 Å². The van der Waals surface area contributed by atoms with E-state index in [-0.39, 0.29) is 6.10 Å². The van der Waals surface area contributed by atoms with Gasteiger partial charge in [0, 0.05) is 19.6 Å². The normalized spacial score (nSPS) is 36.5. The van der Waals surface area contributed by atoms with Crippen LogP contribution < -0.4 is 0 Å². The molecular formula is C15H27NO. The number of aliphatic hydroxyl groups excluding tert-OH is 1. The van der Waals surface area contributed by atoms with Gasteiger partial charge in [-0.1, -0.05) is 32.1 Å². The van der Waals surface area contributed by atoms with Crippen molar-refractivity contribution >= 4 is 0 Å². The van der Waals surface area contributed by atoms with Crippen LogP contribution in [0.3, 0.4) is 0 Å². The molecular weight excluding hydrogens is 210 g/mol. The van der Waals surface area contributed by atoms with Gasteiger partial charge >= 0.3 is 0 Å². The fraction of sp³-hybridized carbons (Fsp3) is 1.00. The average Bonchev–Trinajstić information content (AvgIpc) is 2.92. The maximum Gasteiger partial charge on any atom is 0.0669 e. The molecule has 2 aliphatic carbocycles. The van der Waals surface area contributed by atoms with E-state index in [4.69, 9.17) is 0 Å². The second-order valence-electron chi connectivity index (χ2n) is 6.71. The molecule has 0 aromatic carbocycles. The number of hydrogen-bond donors (Lipinski definition) is 1. The van der Waals surface area contributed by atoms with Gasteiger partial charge in [0.05, 0.1) is 6.10 Å². The lowest BCUT2D eigenvalue weighted by Crippen LogP contribution is -2.32. The minimum Gasteiger partial charge on any atom is -0.392 e. The maximum absolute atomic E-state index is 10.2. The van der Waals surface area contributed by atoms with Crippen LogP contribution in [-0.2, 0) is 0 Å². The fourth-order valence-electron chi connectivity index (χ4n) is 4.48. The standard InChI is InChI=1S/C15H27NO/c17-15(8-12-4-1-2-5-12)11-16-9-13-6-3-7-14(13)10-16/h12-15,17H,1-11H2. The van der Waals surface area contributed by atoms with Gasteiger partial charge in [0.25, 0.3) is 0 Å². The van der Waals surface area contributed by atoms with E-state index in [1.807, 2.05) is 0 Å². The topological polar surface area (TPSA) is 23.5 Å². The molecule has 1 saturated heterocycles. The Balaban J connectivity index is 1.41. The van der Waals surface area contributed by atoms with Crippen molar-refractivity contribution in [2.45, 2.75) is 57.5 Å². The Labute approximate surface area is 105 Å². The van der Waals surface area contributed by atoms with Crippen LogP contribution in [0.5, 0.6) is 0 Å². The van der Waals surface area contributed by atoms with Crippen molar-refractivity contribution in [3.63, 3.8) is 0 Å². The largest absolute Gasteiger partial charge is 0.392 e. The first-order chi connectivity index (χ1) is 8.31. The first-order valence-corrected chi connectivity index (χ1v) is 7.71. The Bertz CT molecular complexity index is 237. The van der Waals surface area contributed by atoms with E-state index in [1.54, 1.807) is 0 Å². The number of nitrogens with zero attached hydrogens (tertiary/aromatic N) is 1. The number of β-amino-alcohol motifs (C(OH)–C–C–N with tert-alkyl or cyclic N) is 1. The minimum absolute atomic E-state index is 0.0584. The molecule has 0 aromatic heterocycles. The lowest BCUT2D eigenvalue weighted by molar-refractivity contribution is 0.0980. The molecule has 0 amide bonds. The van der Waals surface area contributed by atoms with Crippen molar-refractivity contribution in [2.24, 2.45) is 17.8 Å². The molecule has 3 rings (SSSR count). The molecule has 2 saturated carbocycles. The van der Waals surface area contributed by atoms with Crippen molar-refractivity contribution in [1.82, 2.24) is 4.90 Å². The van der Waals surface area contributed by atoms with Crippen LogP contribution in [-0.4, -0.2) is 35.7 Å². The Morgan fingerprint density at radius 2 is 1.59 bits per heavy atom. The first-order valence-electron chi connectivity index (χ1n) is 7.71. The lowest BCUT2D eigenvalue weighted by Gasteiger charge is -2.22. The summed E-state index contributed by atoms with van der Waals surface area (Å²) in [6, 6.07) is 0. The van der Waals surface area contributed by atoms with Crippen LogP contribution in [0.25, 0.3) is 0 Å². The Kier molecular flexibility index (Phi) is 3.72. The molecule has 1 aliphatic heterocycles. The predicted molar refractivity (Wildman–Crippen MR) is 69.9 cm³/mol. The summed E-state index contributed by atoms with van der Waals surface area (Å²) in [4.78, 5) is 2.54. The molecule has 98 valence electrons. The van der Waals surface area contributed by atoms with Gasteiger partial charge in [0.15, 0.2) is 0 Å². The van der Waals surface area contributed by atoms with E-state index in [9.17, 15) is 5.11 Å². The molecule has 0 aromatic rings. The Morgan fingerprint density at radius 3 is 2.24 bits per heavy atom. The highest BCUT2D eigenvalue weighted by atomic mass is 16.3. The van der Waals surface area contributed by atoms with Crippen molar-refractivity contribution in [3.8, 4) is 0 Å². The third-order valence-electron chi connectivity index (χ3n) is 5.35. The van der Waals surface area contributed by atoms with Crippen LogP contribution in [0.2, 0.25) is 0 Å². The SMILES string of the molecule is OC(CC1CCCC1)CN1CC2CCCC2C1. The zero-order valence-electron chi connectivity index (χ0n) is 11.0. The first kappa shape index (κ1) is 12.0. The van der Waals surface area contributed by atoms with E-state index in [0.717, 1.165) is 30.7 Å². The van der Waals surface area contributed by atoms with E-state index >= 15 is 0 Å². The van der Waals surface area contributed by atoms with Crippen molar-refractivity contribution < 1.29 is 5.11 Å². The van der Waals surface area contributed by atoms with Gasteiger partial charge in [-0.05, 0) is 37.0 Å². The monoisotopic (exact) mass is 237 g/mol. The van der Waals surface area contributed by atoms with Crippen molar-refractivity contribution in [2.75, 3.05) is 19.6 Å². The van der Waals surface area contributed by atoms with Crippen LogP contribution in [0, 0.1) is 17.8 Å². The van der Waals surface area contributed by atoms with Crippen molar-refractivity contribution in [1.29, 1.82) is 0 Å². The maximum atomic E-state index is 10.2. The summed E-state index contributed by atoms with van der Waals surface area (Å²) in [6.07, 6.45) is 10.9. The summed E-state index contributed by atoms with van der Waals surface area (Å²) >= 11 is 0. The lowest BCUT2D eigenvalue weighted by atomic mass is 10.00. The molecule has 1 N–H and O–H groups in total. The summed E-state index contributed by atoms with van der Waals surface area (Å²) in [6.45, 7) is 3.49.